The van der Waals surface area contributed by atoms with Gasteiger partial charge in [0.15, 0.2) is 0 Å². The van der Waals surface area contributed by atoms with Gasteiger partial charge in [0.1, 0.15) is 0 Å². The van der Waals surface area contributed by atoms with E-state index >= 15 is 0 Å². The summed E-state index contributed by atoms with van der Waals surface area (Å²) in [6.45, 7) is 41.2. The fourth-order valence-electron chi connectivity index (χ4n) is 8.75. The van der Waals surface area contributed by atoms with E-state index in [1.54, 1.807) is 0 Å². The van der Waals surface area contributed by atoms with Crippen LogP contribution in [0.15, 0.2) is 0 Å². The molecular weight excluding hydrogens is 554 g/mol. The summed E-state index contributed by atoms with van der Waals surface area (Å²) in [6, 6.07) is 0.804. The lowest BCUT2D eigenvalue weighted by Crippen LogP contribution is -2.57. The van der Waals surface area contributed by atoms with Gasteiger partial charge < -0.3 is 24.3 Å². The number of likely N-dealkylation sites (tertiary alicyclic amines) is 3. The van der Waals surface area contributed by atoms with Crippen molar-refractivity contribution in [3.8, 4) is 0 Å². The molecule has 6 heteroatoms. The van der Waals surface area contributed by atoms with Gasteiger partial charge in [0.05, 0.1) is 12.2 Å². The van der Waals surface area contributed by atoms with E-state index in [2.05, 4.69) is 93.7 Å². The molecule has 4 fully saturated rings. The lowest BCUT2D eigenvalue weighted by molar-refractivity contribution is -0.0195. The average Bonchev–Trinajstić information content (AvgIpc) is 2.94. The lowest BCUT2D eigenvalue weighted by Gasteiger charge is -2.46. The first-order valence-electron chi connectivity index (χ1n) is 19.3. The zero-order valence-corrected chi connectivity index (χ0v) is 31.9. The first kappa shape index (κ1) is 37.6. The first-order valence-corrected chi connectivity index (χ1v) is 19.3. The van der Waals surface area contributed by atoms with E-state index in [0.717, 1.165) is 31.0 Å². The standard InChI is InChI=1S/C39H77N5O/c1-36(2,3)44-26-24-41(25-27-44)30-33-31-42(32-33)19-11-16-38(7,8)17-18-39(9,10)34-12-22-43(23-13-34)35-14-20-40(21-15-35)28-29-45-37(4,5)6/h33-35H,11-32H2,1-10H3. The highest BCUT2D eigenvalue weighted by atomic mass is 16.5. The summed E-state index contributed by atoms with van der Waals surface area (Å²) in [6.07, 6.45) is 11.0. The molecule has 0 radical (unpaired) electrons. The fourth-order valence-corrected chi connectivity index (χ4v) is 8.75. The van der Waals surface area contributed by atoms with E-state index in [4.69, 9.17) is 4.74 Å². The van der Waals surface area contributed by atoms with Crippen molar-refractivity contribution in [2.75, 3.05) is 91.7 Å². The highest BCUT2D eigenvalue weighted by molar-refractivity contribution is 4.90. The molecule has 0 amide bonds. The van der Waals surface area contributed by atoms with E-state index in [-0.39, 0.29) is 5.60 Å². The van der Waals surface area contributed by atoms with Crippen LogP contribution < -0.4 is 0 Å². The Hall–Kier alpha value is -0.240. The molecule has 0 bridgehead atoms. The normalized spacial score (nSPS) is 24.4. The van der Waals surface area contributed by atoms with Crippen LogP contribution in [0.25, 0.3) is 0 Å². The predicted molar refractivity (Wildman–Crippen MR) is 193 cm³/mol. The highest BCUT2D eigenvalue weighted by Crippen LogP contribution is 2.43. The van der Waals surface area contributed by atoms with Crippen molar-refractivity contribution in [3.63, 3.8) is 0 Å². The molecular formula is C39H77N5O. The van der Waals surface area contributed by atoms with Gasteiger partial charge in [-0.2, -0.15) is 0 Å². The number of hydrogen-bond acceptors (Lipinski definition) is 6. The third-order valence-corrected chi connectivity index (χ3v) is 12.3. The zero-order chi connectivity index (χ0) is 32.9. The van der Waals surface area contributed by atoms with E-state index in [0.29, 0.717) is 16.4 Å². The molecule has 0 aromatic rings. The van der Waals surface area contributed by atoms with Crippen LogP contribution in [0.2, 0.25) is 0 Å². The molecule has 0 saturated carbocycles. The Morgan fingerprint density at radius 3 is 1.80 bits per heavy atom. The third-order valence-electron chi connectivity index (χ3n) is 12.3. The van der Waals surface area contributed by atoms with Crippen molar-refractivity contribution in [1.29, 1.82) is 0 Å². The summed E-state index contributed by atoms with van der Waals surface area (Å²) in [5.41, 5.74) is 1.22. The van der Waals surface area contributed by atoms with E-state index in [9.17, 15) is 0 Å². The second-order valence-corrected chi connectivity index (χ2v) is 19.2. The van der Waals surface area contributed by atoms with Gasteiger partial charge in [0.25, 0.3) is 0 Å². The van der Waals surface area contributed by atoms with Gasteiger partial charge in [-0.05, 0) is 148 Å². The van der Waals surface area contributed by atoms with E-state index in [1.807, 2.05) is 0 Å². The van der Waals surface area contributed by atoms with Crippen LogP contribution in [0.5, 0.6) is 0 Å². The Morgan fingerprint density at radius 2 is 1.22 bits per heavy atom. The Kier molecular flexibility index (Phi) is 13.3. The molecule has 0 aliphatic carbocycles. The largest absolute Gasteiger partial charge is 0.375 e. The van der Waals surface area contributed by atoms with Gasteiger partial charge in [0.2, 0.25) is 0 Å². The van der Waals surface area contributed by atoms with Crippen molar-refractivity contribution in [2.24, 2.45) is 22.7 Å². The van der Waals surface area contributed by atoms with Crippen molar-refractivity contribution in [3.05, 3.63) is 0 Å². The Bertz CT molecular complexity index is 846. The van der Waals surface area contributed by atoms with Crippen LogP contribution in [0, 0.1) is 22.7 Å². The molecule has 4 saturated heterocycles. The minimum Gasteiger partial charge on any atom is -0.375 e. The van der Waals surface area contributed by atoms with Crippen LogP contribution >= 0.6 is 0 Å². The van der Waals surface area contributed by atoms with E-state index < -0.39 is 0 Å². The molecule has 4 aliphatic heterocycles. The van der Waals surface area contributed by atoms with E-state index in [1.165, 1.54) is 130 Å². The second kappa shape index (κ2) is 16.0. The number of ether oxygens (including phenoxy) is 1. The first-order chi connectivity index (χ1) is 21.0. The molecule has 4 rings (SSSR count). The van der Waals surface area contributed by atoms with Crippen LogP contribution in [0.4, 0.5) is 0 Å². The minimum atomic E-state index is -0.0205. The molecule has 45 heavy (non-hydrogen) atoms. The van der Waals surface area contributed by atoms with Crippen molar-refractivity contribution >= 4 is 0 Å². The van der Waals surface area contributed by atoms with Crippen LogP contribution in [-0.4, -0.2) is 133 Å². The number of rotatable bonds is 14. The minimum absolute atomic E-state index is 0.0205. The number of piperidine rings is 2. The van der Waals surface area contributed by atoms with Crippen LogP contribution in [-0.2, 0) is 4.74 Å². The van der Waals surface area contributed by atoms with Gasteiger partial charge in [-0.1, -0.05) is 27.7 Å². The van der Waals surface area contributed by atoms with Gasteiger partial charge in [-0.25, -0.2) is 0 Å². The summed E-state index contributed by atoms with van der Waals surface area (Å²) >= 11 is 0. The van der Waals surface area contributed by atoms with Gasteiger partial charge in [-0.15, -0.1) is 0 Å². The molecule has 0 spiro atoms. The Balaban J connectivity index is 1.05. The van der Waals surface area contributed by atoms with Crippen molar-refractivity contribution in [2.45, 2.75) is 138 Å². The molecule has 4 aliphatic rings. The summed E-state index contributed by atoms with van der Waals surface area (Å²) in [5, 5.41) is 0. The fraction of sp³-hybridized carbons (Fsp3) is 1.00. The quantitative estimate of drug-likeness (QED) is 0.206. The summed E-state index contributed by atoms with van der Waals surface area (Å²) in [4.78, 5) is 13.6. The number of hydrogen-bond donors (Lipinski definition) is 0. The number of nitrogens with zero attached hydrogens (tertiary/aromatic N) is 5. The lowest BCUT2D eigenvalue weighted by atomic mass is 9.68. The second-order valence-electron chi connectivity index (χ2n) is 19.2. The molecule has 0 aromatic heterocycles. The maximum atomic E-state index is 5.97. The summed E-state index contributed by atoms with van der Waals surface area (Å²) < 4.78 is 5.97. The van der Waals surface area contributed by atoms with Crippen molar-refractivity contribution in [1.82, 2.24) is 24.5 Å². The maximum absolute atomic E-state index is 5.97. The topological polar surface area (TPSA) is 25.4 Å². The van der Waals surface area contributed by atoms with Gasteiger partial charge in [-0.3, -0.25) is 4.90 Å². The predicted octanol–water partition coefficient (Wildman–Crippen LogP) is 6.94. The monoisotopic (exact) mass is 632 g/mol. The van der Waals surface area contributed by atoms with Gasteiger partial charge in [0, 0.05) is 63.9 Å². The molecule has 0 aromatic carbocycles. The molecule has 6 nitrogen and oxygen atoms in total. The Morgan fingerprint density at radius 1 is 0.600 bits per heavy atom. The molecule has 0 unspecified atom stereocenters. The third kappa shape index (κ3) is 12.3. The molecule has 4 heterocycles. The van der Waals surface area contributed by atoms with Gasteiger partial charge >= 0.3 is 0 Å². The maximum Gasteiger partial charge on any atom is 0.0600 e. The van der Waals surface area contributed by atoms with Crippen LogP contribution in [0.1, 0.15) is 121 Å². The molecule has 264 valence electrons. The summed E-state index contributed by atoms with van der Waals surface area (Å²) in [5.74, 6) is 1.78. The Labute approximate surface area is 280 Å². The highest BCUT2D eigenvalue weighted by Gasteiger charge is 2.36. The van der Waals surface area contributed by atoms with Crippen molar-refractivity contribution < 1.29 is 4.74 Å². The average molecular weight is 632 g/mol. The van der Waals surface area contributed by atoms with Crippen LogP contribution in [0.3, 0.4) is 0 Å². The summed E-state index contributed by atoms with van der Waals surface area (Å²) in [7, 11) is 0. The zero-order valence-electron chi connectivity index (χ0n) is 31.9. The molecule has 0 atom stereocenters. The molecule has 0 N–H and O–H groups in total. The smallest absolute Gasteiger partial charge is 0.0600 e. The SMILES string of the molecule is CC(C)(CCCN1CC(CN2CCN(C(C)(C)C)CC2)C1)CCC(C)(C)C1CCN(C2CCN(CCOC(C)(C)C)CC2)CC1. The number of piperazine rings is 1.